The van der Waals surface area contributed by atoms with Gasteiger partial charge in [-0.25, -0.2) is 4.79 Å². The average Bonchev–Trinajstić information content (AvgIpc) is 2.45. The van der Waals surface area contributed by atoms with Gasteiger partial charge in [-0.3, -0.25) is 0 Å². The van der Waals surface area contributed by atoms with Crippen molar-refractivity contribution in [3.05, 3.63) is 54.6 Å². The molecule has 3 N–H and O–H groups in total. The zero-order valence-electron chi connectivity index (χ0n) is 10.5. The molecule has 0 atom stereocenters. The highest BCUT2D eigenvalue weighted by Gasteiger charge is 1.98. The van der Waals surface area contributed by atoms with Crippen molar-refractivity contribution >= 4 is 6.03 Å². The van der Waals surface area contributed by atoms with Gasteiger partial charge in [-0.15, -0.1) is 0 Å². The number of hydrogen-bond acceptors (Lipinski definition) is 2. The number of nitrogens with one attached hydrogen (secondary N) is 1. The Hall–Kier alpha value is -2.49. The van der Waals surface area contributed by atoms with Gasteiger partial charge in [0.25, 0.3) is 0 Å². The van der Waals surface area contributed by atoms with E-state index in [2.05, 4.69) is 17.4 Å². The van der Waals surface area contributed by atoms with E-state index < -0.39 is 6.03 Å². The van der Waals surface area contributed by atoms with Crippen LogP contribution in [0.5, 0.6) is 5.75 Å². The second-order valence-corrected chi connectivity index (χ2v) is 4.03. The first-order valence-corrected chi connectivity index (χ1v) is 6.07. The van der Waals surface area contributed by atoms with E-state index in [0.29, 0.717) is 13.2 Å². The van der Waals surface area contributed by atoms with Gasteiger partial charge in [-0.2, -0.15) is 0 Å². The summed E-state index contributed by atoms with van der Waals surface area (Å²) in [5.41, 5.74) is 7.26. The number of carbonyl (C=O) groups excluding carboxylic acids is 1. The second kappa shape index (κ2) is 6.44. The summed E-state index contributed by atoms with van der Waals surface area (Å²) in [6.07, 6.45) is 0. The lowest BCUT2D eigenvalue weighted by Gasteiger charge is -2.07. The van der Waals surface area contributed by atoms with Gasteiger partial charge < -0.3 is 15.8 Å². The first kappa shape index (κ1) is 13.0. The van der Waals surface area contributed by atoms with Crippen molar-refractivity contribution in [2.24, 2.45) is 5.73 Å². The third-order valence-corrected chi connectivity index (χ3v) is 2.63. The number of primary amides is 1. The van der Waals surface area contributed by atoms with Gasteiger partial charge in [0.05, 0.1) is 6.54 Å². The molecule has 0 fully saturated rings. The van der Waals surface area contributed by atoms with Crippen molar-refractivity contribution in [2.75, 3.05) is 13.2 Å². The van der Waals surface area contributed by atoms with Crippen LogP contribution in [0.15, 0.2) is 54.6 Å². The van der Waals surface area contributed by atoms with Gasteiger partial charge in [0.2, 0.25) is 0 Å². The van der Waals surface area contributed by atoms with Gasteiger partial charge >= 0.3 is 6.03 Å². The van der Waals surface area contributed by atoms with Gasteiger partial charge in [-0.05, 0) is 23.3 Å². The molecule has 98 valence electrons. The van der Waals surface area contributed by atoms with Crippen LogP contribution in [0.3, 0.4) is 0 Å². The van der Waals surface area contributed by atoms with E-state index in [0.717, 1.165) is 11.3 Å². The van der Waals surface area contributed by atoms with Crippen LogP contribution in [-0.2, 0) is 0 Å². The summed E-state index contributed by atoms with van der Waals surface area (Å²) in [6.45, 7) is 0.795. The summed E-state index contributed by atoms with van der Waals surface area (Å²) in [4.78, 5) is 10.5. The fraction of sp³-hybridized carbons (Fsp3) is 0.133. The first-order valence-electron chi connectivity index (χ1n) is 6.07. The summed E-state index contributed by atoms with van der Waals surface area (Å²) in [7, 11) is 0. The molecule has 4 nitrogen and oxygen atoms in total. The SMILES string of the molecule is NC(=O)NCCOc1ccc(-c2ccccc2)cc1. The third-order valence-electron chi connectivity index (χ3n) is 2.63. The molecule has 19 heavy (non-hydrogen) atoms. The summed E-state index contributed by atoms with van der Waals surface area (Å²) in [6, 6.07) is 17.4. The molecular weight excluding hydrogens is 240 g/mol. The molecule has 0 radical (unpaired) electrons. The van der Waals surface area contributed by atoms with Crippen LogP contribution < -0.4 is 15.8 Å². The molecule has 0 aliphatic carbocycles. The van der Waals surface area contributed by atoms with Crippen LogP contribution in [-0.4, -0.2) is 19.2 Å². The molecule has 2 amide bonds. The Morgan fingerprint density at radius 2 is 1.63 bits per heavy atom. The monoisotopic (exact) mass is 256 g/mol. The number of ether oxygens (including phenoxy) is 1. The predicted molar refractivity (Wildman–Crippen MR) is 75.0 cm³/mol. The fourth-order valence-corrected chi connectivity index (χ4v) is 1.72. The number of hydrogen-bond donors (Lipinski definition) is 2. The molecule has 0 aromatic heterocycles. The second-order valence-electron chi connectivity index (χ2n) is 4.03. The van der Waals surface area contributed by atoms with E-state index in [1.165, 1.54) is 5.56 Å². The maximum atomic E-state index is 10.5. The molecule has 0 saturated heterocycles. The van der Waals surface area contributed by atoms with E-state index in [9.17, 15) is 4.79 Å². The molecule has 0 heterocycles. The maximum absolute atomic E-state index is 10.5. The number of nitrogens with two attached hydrogens (primary N) is 1. The topological polar surface area (TPSA) is 64.4 Å². The maximum Gasteiger partial charge on any atom is 0.312 e. The molecule has 0 aliphatic rings. The van der Waals surface area contributed by atoms with Crippen molar-refractivity contribution in [3.63, 3.8) is 0 Å². The van der Waals surface area contributed by atoms with Crippen molar-refractivity contribution in [1.82, 2.24) is 5.32 Å². The van der Waals surface area contributed by atoms with Crippen molar-refractivity contribution in [2.45, 2.75) is 0 Å². The van der Waals surface area contributed by atoms with E-state index in [-0.39, 0.29) is 0 Å². The molecule has 0 saturated carbocycles. The number of urea groups is 1. The number of amides is 2. The molecule has 0 bridgehead atoms. The van der Waals surface area contributed by atoms with Crippen LogP contribution in [0.25, 0.3) is 11.1 Å². The Morgan fingerprint density at radius 1 is 1.00 bits per heavy atom. The van der Waals surface area contributed by atoms with E-state index in [4.69, 9.17) is 10.5 Å². The Bertz CT molecular complexity index is 524. The van der Waals surface area contributed by atoms with Gasteiger partial charge in [0, 0.05) is 0 Å². The molecule has 4 heteroatoms. The zero-order valence-corrected chi connectivity index (χ0v) is 10.5. The fourth-order valence-electron chi connectivity index (χ4n) is 1.72. The lowest BCUT2D eigenvalue weighted by Crippen LogP contribution is -2.32. The Balaban J connectivity index is 1.90. The van der Waals surface area contributed by atoms with Crippen LogP contribution in [0.4, 0.5) is 4.79 Å². The van der Waals surface area contributed by atoms with Gasteiger partial charge in [0.15, 0.2) is 0 Å². The molecule has 2 aromatic carbocycles. The summed E-state index contributed by atoms with van der Waals surface area (Å²) in [5, 5.41) is 2.47. The smallest absolute Gasteiger partial charge is 0.312 e. The number of benzene rings is 2. The standard InChI is InChI=1S/C15H16N2O2/c16-15(18)17-10-11-19-14-8-6-13(7-9-14)12-4-2-1-3-5-12/h1-9H,10-11H2,(H3,16,17,18). The van der Waals surface area contributed by atoms with Gasteiger partial charge in [0.1, 0.15) is 12.4 Å². The van der Waals surface area contributed by atoms with Crippen molar-refractivity contribution in [1.29, 1.82) is 0 Å². The highest BCUT2D eigenvalue weighted by molar-refractivity contribution is 5.71. The quantitative estimate of drug-likeness (QED) is 0.807. The molecule has 0 aliphatic heterocycles. The largest absolute Gasteiger partial charge is 0.492 e. The van der Waals surface area contributed by atoms with E-state index in [1.54, 1.807) is 0 Å². The van der Waals surface area contributed by atoms with Crippen LogP contribution >= 0.6 is 0 Å². The summed E-state index contributed by atoms with van der Waals surface area (Å²) in [5.74, 6) is 0.769. The summed E-state index contributed by atoms with van der Waals surface area (Å²) < 4.78 is 5.48. The highest BCUT2D eigenvalue weighted by Crippen LogP contribution is 2.21. The van der Waals surface area contributed by atoms with E-state index >= 15 is 0 Å². The normalized spacial score (nSPS) is 9.89. The van der Waals surface area contributed by atoms with Crippen molar-refractivity contribution < 1.29 is 9.53 Å². The third kappa shape index (κ3) is 4.03. The Kier molecular flexibility index (Phi) is 4.39. The minimum atomic E-state index is -0.539. The lowest BCUT2D eigenvalue weighted by molar-refractivity contribution is 0.244. The zero-order chi connectivity index (χ0) is 13.5. The first-order chi connectivity index (χ1) is 9.25. The minimum Gasteiger partial charge on any atom is -0.492 e. The molecule has 2 rings (SSSR count). The molecule has 2 aromatic rings. The average molecular weight is 256 g/mol. The lowest BCUT2D eigenvalue weighted by atomic mass is 10.1. The Morgan fingerprint density at radius 3 is 2.26 bits per heavy atom. The predicted octanol–water partition coefficient (Wildman–Crippen LogP) is 2.40. The van der Waals surface area contributed by atoms with Gasteiger partial charge in [-0.1, -0.05) is 42.5 Å². The molecular formula is C15H16N2O2. The van der Waals surface area contributed by atoms with E-state index in [1.807, 2.05) is 42.5 Å². The van der Waals surface area contributed by atoms with Crippen LogP contribution in [0.1, 0.15) is 0 Å². The Labute approximate surface area is 112 Å². The summed E-state index contributed by atoms with van der Waals surface area (Å²) >= 11 is 0. The minimum absolute atomic E-state index is 0.396. The van der Waals surface area contributed by atoms with Crippen LogP contribution in [0.2, 0.25) is 0 Å². The van der Waals surface area contributed by atoms with Crippen LogP contribution in [0, 0.1) is 0 Å². The molecule has 0 unspecified atom stereocenters. The number of rotatable bonds is 5. The number of carbonyl (C=O) groups is 1. The molecule has 0 spiro atoms. The highest BCUT2D eigenvalue weighted by atomic mass is 16.5. The van der Waals surface area contributed by atoms with Crippen molar-refractivity contribution in [3.8, 4) is 16.9 Å².